The van der Waals surface area contributed by atoms with Gasteiger partial charge >= 0.3 is 0 Å². The van der Waals surface area contributed by atoms with E-state index >= 15 is 0 Å². The summed E-state index contributed by atoms with van der Waals surface area (Å²) in [6, 6.07) is 11.3. The van der Waals surface area contributed by atoms with Crippen LogP contribution in [0.3, 0.4) is 0 Å². The summed E-state index contributed by atoms with van der Waals surface area (Å²) in [5.41, 5.74) is 2.55. The second kappa shape index (κ2) is 9.64. The van der Waals surface area contributed by atoms with Gasteiger partial charge in [-0.05, 0) is 30.7 Å². The van der Waals surface area contributed by atoms with E-state index in [9.17, 15) is 4.79 Å². The minimum absolute atomic E-state index is 0.123. The molecule has 164 valence electrons. The van der Waals surface area contributed by atoms with Crippen molar-refractivity contribution in [3.63, 3.8) is 0 Å². The first-order chi connectivity index (χ1) is 15.1. The summed E-state index contributed by atoms with van der Waals surface area (Å²) in [4.78, 5) is 22.6. The molecule has 3 aromatic rings. The van der Waals surface area contributed by atoms with E-state index in [0.29, 0.717) is 28.7 Å². The molecule has 1 fully saturated rings. The van der Waals surface area contributed by atoms with Crippen LogP contribution in [-0.2, 0) is 4.74 Å². The fourth-order valence-electron chi connectivity index (χ4n) is 3.63. The zero-order chi connectivity index (χ0) is 21.8. The standard InChI is InChI=1S/C23H27N3O4S/c1-16-5-4-6-20-21(16)24-23(31-20)26(8-7-25-9-11-30-12-10-25)22(27)17-13-18(28-2)15-19(14-17)29-3/h4-6,13-15H,7-12H2,1-3H3. The summed E-state index contributed by atoms with van der Waals surface area (Å²) in [6.07, 6.45) is 0. The number of amides is 1. The van der Waals surface area contributed by atoms with Crippen LogP contribution in [0, 0.1) is 6.92 Å². The number of hydrogen-bond donors (Lipinski definition) is 0. The predicted molar refractivity (Wildman–Crippen MR) is 123 cm³/mol. The summed E-state index contributed by atoms with van der Waals surface area (Å²) in [5, 5.41) is 0.698. The lowest BCUT2D eigenvalue weighted by atomic mass is 10.1. The van der Waals surface area contributed by atoms with Gasteiger partial charge in [0.2, 0.25) is 0 Å². The zero-order valence-corrected chi connectivity index (χ0v) is 18.9. The Morgan fingerprint density at radius 1 is 1.16 bits per heavy atom. The number of hydrogen-bond acceptors (Lipinski definition) is 7. The van der Waals surface area contributed by atoms with Gasteiger partial charge in [0.25, 0.3) is 5.91 Å². The van der Waals surface area contributed by atoms with Crippen LogP contribution in [0.5, 0.6) is 11.5 Å². The van der Waals surface area contributed by atoms with Gasteiger partial charge in [0.05, 0.1) is 37.6 Å². The van der Waals surface area contributed by atoms with Gasteiger partial charge in [-0.1, -0.05) is 23.5 Å². The number of carbonyl (C=O) groups excluding carboxylic acids is 1. The lowest BCUT2D eigenvalue weighted by molar-refractivity contribution is 0.0391. The van der Waals surface area contributed by atoms with E-state index in [4.69, 9.17) is 19.2 Å². The number of carbonyl (C=O) groups is 1. The summed E-state index contributed by atoms with van der Waals surface area (Å²) in [7, 11) is 3.16. The van der Waals surface area contributed by atoms with Gasteiger partial charge in [-0.3, -0.25) is 14.6 Å². The second-order valence-electron chi connectivity index (χ2n) is 7.43. The highest BCUT2D eigenvalue weighted by atomic mass is 32.1. The van der Waals surface area contributed by atoms with Gasteiger partial charge in [-0.2, -0.15) is 0 Å². The van der Waals surface area contributed by atoms with Crippen LogP contribution in [-0.4, -0.2) is 69.4 Å². The largest absolute Gasteiger partial charge is 0.497 e. The first kappa shape index (κ1) is 21.5. The molecule has 0 N–H and O–H groups in total. The summed E-state index contributed by atoms with van der Waals surface area (Å²) >= 11 is 1.54. The van der Waals surface area contributed by atoms with Crippen molar-refractivity contribution in [3.8, 4) is 11.5 Å². The van der Waals surface area contributed by atoms with E-state index in [-0.39, 0.29) is 5.91 Å². The molecule has 0 saturated carbocycles. The number of benzene rings is 2. The zero-order valence-electron chi connectivity index (χ0n) is 18.1. The maximum Gasteiger partial charge on any atom is 0.260 e. The van der Waals surface area contributed by atoms with Gasteiger partial charge < -0.3 is 14.2 Å². The van der Waals surface area contributed by atoms with E-state index < -0.39 is 0 Å². The van der Waals surface area contributed by atoms with Gasteiger partial charge in [0.1, 0.15) is 11.5 Å². The van der Waals surface area contributed by atoms with E-state index in [1.165, 1.54) is 11.3 Å². The molecule has 0 atom stereocenters. The minimum Gasteiger partial charge on any atom is -0.497 e. The Morgan fingerprint density at radius 2 is 1.87 bits per heavy atom. The minimum atomic E-state index is -0.123. The molecule has 0 bridgehead atoms. The number of para-hydroxylation sites is 1. The highest BCUT2D eigenvalue weighted by molar-refractivity contribution is 7.22. The topological polar surface area (TPSA) is 64.1 Å². The molecule has 1 saturated heterocycles. The average Bonchev–Trinajstić information content (AvgIpc) is 3.24. The third-order valence-electron chi connectivity index (χ3n) is 5.43. The number of nitrogens with zero attached hydrogens (tertiary/aromatic N) is 3. The molecule has 2 aromatic carbocycles. The first-order valence-corrected chi connectivity index (χ1v) is 11.1. The maximum absolute atomic E-state index is 13.7. The lowest BCUT2D eigenvalue weighted by Gasteiger charge is -2.29. The van der Waals surface area contributed by atoms with E-state index in [2.05, 4.69) is 4.90 Å². The van der Waals surface area contributed by atoms with Crippen molar-refractivity contribution in [2.75, 3.05) is 58.5 Å². The average molecular weight is 442 g/mol. The Morgan fingerprint density at radius 3 is 2.52 bits per heavy atom. The van der Waals surface area contributed by atoms with Crippen LogP contribution in [0.15, 0.2) is 36.4 Å². The molecule has 0 aliphatic carbocycles. The van der Waals surface area contributed by atoms with Gasteiger partial charge in [-0.15, -0.1) is 0 Å². The SMILES string of the molecule is COc1cc(OC)cc(C(=O)N(CCN2CCOCC2)c2nc3c(C)cccc3s2)c1. The Bertz CT molecular complexity index is 1040. The van der Waals surface area contributed by atoms with E-state index in [1.54, 1.807) is 37.3 Å². The molecule has 1 aromatic heterocycles. The van der Waals surface area contributed by atoms with Crippen LogP contribution in [0.4, 0.5) is 5.13 Å². The van der Waals surface area contributed by atoms with Crippen LogP contribution in [0.2, 0.25) is 0 Å². The van der Waals surface area contributed by atoms with Crippen LogP contribution < -0.4 is 14.4 Å². The van der Waals surface area contributed by atoms with Gasteiger partial charge in [0, 0.05) is 37.8 Å². The number of fused-ring (bicyclic) bond motifs is 1. The molecule has 0 spiro atoms. The molecule has 8 heteroatoms. The van der Waals surface area contributed by atoms with Crippen molar-refractivity contribution in [1.29, 1.82) is 0 Å². The van der Waals surface area contributed by atoms with Crippen molar-refractivity contribution in [2.24, 2.45) is 0 Å². The normalized spacial score (nSPS) is 14.5. The number of thiazole rings is 1. The highest BCUT2D eigenvalue weighted by Crippen LogP contribution is 2.32. The molecule has 1 amide bonds. The summed E-state index contributed by atoms with van der Waals surface area (Å²) < 4.78 is 17.3. The molecular weight excluding hydrogens is 414 g/mol. The quantitative estimate of drug-likeness (QED) is 0.558. The van der Waals surface area contributed by atoms with E-state index in [0.717, 1.165) is 48.6 Å². The number of rotatable bonds is 7. The molecule has 7 nitrogen and oxygen atoms in total. The summed E-state index contributed by atoms with van der Waals surface area (Å²) in [5.74, 6) is 1.04. The number of morpholine rings is 1. The summed E-state index contributed by atoms with van der Waals surface area (Å²) in [6.45, 7) is 6.52. The Hall–Kier alpha value is -2.68. The maximum atomic E-state index is 13.7. The highest BCUT2D eigenvalue weighted by Gasteiger charge is 2.24. The fourth-order valence-corrected chi connectivity index (χ4v) is 4.69. The predicted octanol–water partition coefficient (Wildman–Crippen LogP) is 3.60. The first-order valence-electron chi connectivity index (χ1n) is 10.3. The number of anilines is 1. The Balaban J connectivity index is 1.68. The van der Waals surface area contributed by atoms with Crippen molar-refractivity contribution in [2.45, 2.75) is 6.92 Å². The van der Waals surface area contributed by atoms with Crippen LogP contribution in [0.1, 0.15) is 15.9 Å². The Kier molecular flexibility index (Phi) is 6.70. The second-order valence-corrected chi connectivity index (χ2v) is 8.44. The third kappa shape index (κ3) is 4.81. The van der Waals surface area contributed by atoms with Crippen molar-refractivity contribution < 1.29 is 19.0 Å². The molecule has 1 aliphatic heterocycles. The number of aromatic nitrogens is 1. The molecule has 0 unspecified atom stereocenters. The lowest BCUT2D eigenvalue weighted by Crippen LogP contribution is -2.43. The monoisotopic (exact) mass is 441 g/mol. The number of ether oxygens (including phenoxy) is 3. The van der Waals surface area contributed by atoms with Gasteiger partial charge in [0.15, 0.2) is 5.13 Å². The van der Waals surface area contributed by atoms with Gasteiger partial charge in [-0.25, -0.2) is 4.98 Å². The number of aryl methyl sites for hydroxylation is 1. The number of methoxy groups -OCH3 is 2. The Labute approximate surface area is 186 Å². The fraction of sp³-hybridized carbons (Fsp3) is 0.391. The molecule has 2 heterocycles. The third-order valence-corrected chi connectivity index (χ3v) is 6.47. The molecule has 1 aliphatic rings. The molecule has 0 radical (unpaired) electrons. The molecule has 4 rings (SSSR count). The molecule has 31 heavy (non-hydrogen) atoms. The van der Waals surface area contributed by atoms with E-state index in [1.807, 2.05) is 25.1 Å². The van der Waals surface area contributed by atoms with Crippen LogP contribution in [0.25, 0.3) is 10.2 Å². The van der Waals surface area contributed by atoms with Crippen LogP contribution >= 0.6 is 11.3 Å². The van der Waals surface area contributed by atoms with Crippen molar-refractivity contribution >= 4 is 32.6 Å². The van der Waals surface area contributed by atoms with Crippen molar-refractivity contribution in [1.82, 2.24) is 9.88 Å². The van der Waals surface area contributed by atoms with Crippen molar-refractivity contribution in [3.05, 3.63) is 47.5 Å². The molecular formula is C23H27N3O4S. The smallest absolute Gasteiger partial charge is 0.260 e.